The molecular formula is C22H31N3O5S. The van der Waals surface area contributed by atoms with Crippen LogP contribution in [-0.2, 0) is 19.6 Å². The lowest BCUT2D eigenvalue weighted by Gasteiger charge is -2.33. The summed E-state index contributed by atoms with van der Waals surface area (Å²) in [5.41, 5.74) is 1.04. The van der Waals surface area contributed by atoms with E-state index in [0.29, 0.717) is 42.9 Å². The number of anilines is 1. The molecule has 2 aliphatic heterocycles. The van der Waals surface area contributed by atoms with Crippen molar-refractivity contribution < 1.29 is 22.7 Å². The molecule has 2 heterocycles. The number of ether oxygens (including phenoxy) is 1. The maximum Gasteiger partial charge on any atom is 0.262 e. The first-order chi connectivity index (χ1) is 14.7. The van der Waals surface area contributed by atoms with Crippen LogP contribution in [0.3, 0.4) is 0 Å². The van der Waals surface area contributed by atoms with E-state index in [0.717, 1.165) is 31.6 Å². The molecule has 1 aliphatic carbocycles. The Morgan fingerprint density at radius 1 is 1.13 bits per heavy atom. The molecule has 1 aromatic rings. The molecule has 1 saturated carbocycles. The monoisotopic (exact) mass is 449 g/mol. The van der Waals surface area contributed by atoms with Crippen molar-refractivity contribution in [2.75, 3.05) is 25.0 Å². The highest BCUT2D eigenvalue weighted by Gasteiger charge is 2.34. The zero-order chi connectivity index (χ0) is 22.2. The van der Waals surface area contributed by atoms with Gasteiger partial charge in [0.25, 0.3) is 5.91 Å². The molecule has 1 aromatic carbocycles. The maximum atomic E-state index is 13.3. The van der Waals surface area contributed by atoms with Gasteiger partial charge in [-0.25, -0.2) is 8.42 Å². The number of carbonyl (C=O) groups excluding carboxylic acids is 2. The minimum atomic E-state index is -3.71. The minimum Gasteiger partial charge on any atom is -0.482 e. The van der Waals surface area contributed by atoms with Crippen LogP contribution in [0.15, 0.2) is 17.0 Å². The van der Waals surface area contributed by atoms with Gasteiger partial charge in [-0.3, -0.25) is 9.59 Å². The van der Waals surface area contributed by atoms with Gasteiger partial charge in [-0.2, -0.15) is 4.31 Å². The van der Waals surface area contributed by atoms with Crippen LogP contribution < -0.4 is 15.4 Å². The first kappa shape index (κ1) is 22.1. The number of piperidine rings is 1. The van der Waals surface area contributed by atoms with Crippen molar-refractivity contribution >= 4 is 27.5 Å². The van der Waals surface area contributed by atoms with E-state index in [9.17, 15) is 18.0 Å². The SMILES string of the molecule is Cc1cc2c(cc1S(=O)(=O)N1CCC(C(=O)NC3CCC(C)CC3)CC1)OCC(=O)N2. The number of hydrogen-bond donors (Lipinski definition) is 2. The lowest BCUT2D eigenvalue weighted by atomic mass is 9.87. The van der Waals surface area contributed by atoms with Gasteiger partial charge in [0.15, 0.2) is 6.61 Å². The van der Waals surface area contributed by atoms with Crippen molar-refractivity contribution in [2.45, 2.75) is 63.3 Å². The number of hydrogen-bond acceptors (Lipinski definition) is 5. The molecule has 2 fully saturated rings. The summed E-state index contributed by atoms with van der Waals surface area (Å²) < 4.78 is 33.4. The van der Waals surface area contributed by atoms with Gasteiger partial charge in [-0.1, -0.05) is 6.92 Å². The topological polar surface area (TPSA) is 105 Å². The summed E-state index contributed by atoms with van der Waals surface area (Å²) in [5, 5.41) is 5.88. The number of benzene rings is 1. The van der Waals surface area contributed by atoms with Crippen molar-refractivity contribution in [1.82, 2.24) is 9.62 Å². The predicted octanol–water partition coefficient (Wildman–Crippen LogP) is 2.42. The molecule has 2 N–H and O–H groups in total. The van der Waals surface area contributed by atoms with Crippen LogP contribution >= 0.6 is 0 Å². The Kier molecular flexibility index (Phi) is 6.25. The van der Waals surface area contributed by atoms with E-state index in [4.69, 9.17) is 4.74 Å². The Morgan fingerprint density at radius 3 is 2.48 bits per heavy atom. The Balaban J connectivity index is 1.39. The van der Waals surface area contributed by atoms with E-state index in [2.05, 4.69) is 17.6 Å². The van der Waals surface area contributed by atoms with E-state index >= 15 is 0 Å². The van der Waals surface area contributed by atoms with Crippen LogP contribution in [0.25, 0.3) is 0 Å². The number of amides is 2. The van der Waals surface area contributed by atoms with E-state index in [-0.39, 0.29) is 35.3 Å². The van der Waals surface area contributed by atoms with Crippen molar-refractivity contribution in [3.63, 3.8) is 0 Å². The lowest BCUT2D eigenvalue weighted by Crippen LogP contribution is -2.46. The summed E-state index contributed by atoms with van der Waals surface area (Å²) in [6, 6.07) is 3.37. The first-order valence-electron chi connectivity index (χ1n) is 11.1. The van der Waals surface area contributed by atoms with E-state index in [1.165, 1.54) is 10.4 Å². The van der Waals surface area contributed by atoms with Crippen molar-refractivity contribution in [2.24, 2.45) is 11.8 Å². The third kappa shape index (κ3) is 4.72. The molecule has 0 spiro atoms. The molecule has 0 bridgehead atoms. The Morgan fingerprint density at radius 2 is 1.81 bits per heavy atom. The normalized spacial score (nSPS) is 25.3. The van der Waals surface area contributed by atoms with Crippen LogP contribution in [0.5, 0.6) is 5.75 Å². The number of carbonyl (C=O) groups is 2. The second kappa shape index (κ2) is 8.78. The number of aryl methyl sites for hydroxylation is 1. The highest BCUT2D eigenvalue weighted by molar-refractivity contribution is 7.89. The lowest BCUT2D eigenvalue weighted by molar-refractivity contribution is -0.127. The summed E-state index contributed by atoms with van der Waals surface area (Å²) >= 11 is 0. The van der Waals surface area contributed by atoms with Crippen LogP contribution in [0.1, 0.15) is 51.0 Å². The van der Waals surface area contributed by atoms with Crippen LogP contribution in [0.2, 0.25) is 0 Å². The molecular weight excluding hydrogens is 418 g/mol. The van der Waals surface area contributed by atoms with Gasteiger partial charge in [0.1, 0.15) is 5.75 Å². The standard InChI is InChI=1S/C22H31N3O5S/c1-14-3-5-17(6-4-14)23-22(27)16-7-9-25(10-8-16)31(28,29)20-12-19-18(11-15(20)2)24-21(26)13-30-19/h11-12,14,16-17H,3-10,13H2,1-2H3,(H,23,27)(H,24,26). The smallest absolute Gasteiger partial charge is 0.262 e. The Labute approximate surface area is 183 Å². The molecule has 9 heteroatoms. The number of rotatable bonds is 4. The third-order valence-corrected chi connectivity index (χ3v) is 8.76. The van der Waals surface area contributed by atoms with Crippen LogP contribution in [0, 0.1) is 18.8 Å². The summed E-state index contributed by atoms with van der Waals surface area (Å²) in [5.74, 6) is 0.750. The number of sulfonamides is 1. The molecule has 2 amide bonds. The van der Waals surface area contributed by atoms with E-state index in [1.54, 1.807) is 13.0 Å². The van der Waals surface area contributed by atoms with Gasteiger partial charge in [-0.15, -0.1) is 0 Å². The Bertz CT molecular complexity index is 962. The average molecular weight is 450 g/mol. The highest BCUT2D eigenvalue weighted by atomic mass is 32.2. The molecule has 170 valence electrons. The van der Waals surface area contributed by atoms with E-state index in [1.807, 2.05) is 0 Å². The van der Waals surface area contributed by atoms with Crippen molar-refractivity contribution in [1.29, 1.82) is 0 Å². The quantitative estimate of drug-likeness (QED) is 0.735. The fourth-order valence-corrected chi connectivity index (χ4v) is 6.41. The van der Waals surface area contributed by atoms with Crippen molar-refractivity contribution in [3.05, 3.63) is 17.7 Å². The largest absolute Gasteiger partial charge is 0.482 e. The zero-order valence-corrected chi connectivity index (χ0v) is 19.0. The minimum absolute atomic E-state index is 0.0608. The second-order valence-electron chi connectivity index (χ2n) is 9.09. The summed E-state index contributed by atoms with van der Waals surface area (Å²) in [6.07, 6.45) is 5.39. The van der Waals surface area contributed by atoms with Crippen LogP contribution in [0.4, 0.5) is 5.69 Å². The average Bonchev–Trinajstić information content (AvgIpc) is 2.74. The molecule has 4 rings (SSSR count). The Hall–Kier alpha value is -2.13. The molecule has 0 atom stereocenters. The highest BCUT2D eigenvalue weighted by Crippen LogP contribution is 2.35. The molecule has 31 heavy (non-hydrogen) atoms. The summed E-state index contributed by atoms with van der Waals surface area (Å²) in [4.78, 5) is 24.4. The van der Waals surface area contributed by atoms with Crippen LogP contribution in [-0.4, -0.2) is 50.3 Å². The summed E-state index contributed by atoms with van der Waals surface area (Å²) in [7, 11) is -3.71. The number of nitrogens with zero attached hydrogens (tertiary/aromatic N) is 1. The predicted molar refractivity (Wildman–Crippen MR) is 116 cm³/mol. The molecule has 1 saturated heterocycles. The zero-order valence-electron chi connectivity index (χ0n) is 18.1. The molecule has 8 nitrogen and oxygen atoms in total. The van der Waals surface area contributed by atoms with Gasteiger partial charge in [-0.05, 0) is 63.0 Å². The molecule has 0 radical (unpaired) electrons. The molecule has 3 aliphatic rings. The van der Waals surface area contributed by atoms with Gasteiger partial charge in [0, 0.05) is 31.1 Å². The summed E-state index contributed by atoms with van der Waals surface area (Å²) in [6.45, 7) is 4.46. The molecule has 0 unspecified atom stereocenters. The van der Waals surface area contributed by atoms with Gasteiger partial charge >= 0.3 is 0 Å². The van der Waals surface area contributed by atoms with Gasteiger partial charge in [0.05, 0.1) is 10.6 Å². The third-order valence-electron chi connectivity index (χ3n) is 6.71. The van der Waals surface area contributed by atoms with Gasteiger partial charge < -0.3 is 15.4 Å². The fourth-order valence-electron chi connectivity index (χ4n) is 4.71. The maximum absolute atomic E-state index is 13.3. The molecule has 0 aromatic heterocycles. The number of nitrogens with one attached hydrogen (secondary N) is 2. The van der Waals surface area contributed by atoms with E-state index < -0.39 is 10.0 Å². The fraction of sp³-hybridized carbons (Fsp3) is 0.636. The number of fused-ring (bicyclic) bond motifs is 1. The van der Waals surface area contributed by atoms with Crippen molar-refractivity contribution in [3.8, 4) is 5.75 Å². The second-order valence-corrected chi connectivity index (χ2v) is 11.0. The first-order valence-corrected chi connectivity index (χ1v) is 12.6. The van der Waals surface area contributed by atoms with Gasteiger partial charge in [0.2, 0.25) is 15.9 Å².